The van der Waals surface area contributed by atoms with Gasteiger partial charge in [-0.2, -0.15) is 0 Å². The van der Waals surface area contributed by atoms with Crippen LogP contribution < -0.4 is 5.32 Å². The first-order valence-electron chi connectivity index (χ1n) is 5.30. The highest BCUT2D eigenvalue weighted by molar-refractivity contribution is 9.10. The number of nitrogens with zero attached hydrogens (tertiary/aromatic N) is 1. The van der Waals surface area contributed by atoms with Crippen LogP contribution in [0.5, 0.6) is 0 Å². The summed E-state index contributed by atoms with van der Waals surface area (Å²) in [5.41, 5.74) is 2.18. The maximum Gasteiger partial charge on any atom is 0.0541 e. The molecule has 0 atom stereocenters. The zero-order valence-corrected chi connectivity index (χ0v) is 11.5. The second kappa shape index (κ2) is 6.15. The fourth-order valence-corrected chi connectivity index (χ4v) is 2.09. The molecule has 0 unspecified atom stereocenters. The minimum atomic E-state index is 0.750. The van der Waals surface area contributed by atoms with E-state index < -0.39 is 0 Å². The van der Waals surface area contributed by atoms with E-state index in [-0.39, 0.29) is 0 Å². The SMILES string of the molecule is Clc1ccc(Br)c(CNCc2ccccn2)c1. The van der Waals surface area contributed by atoms with Crippen LogP contribution in [0.15, 0.2) is 47.1 Å². The van der Waals surface area contributed by atoms with Gasteiger partial charge in [0.1, 0.15) is 0 Å². The van der Waals surface area contributed by atoms with Gasteiger partial charge >= 0.3 is 0 Å². The van der Waals surface area contributed by atoms with Crippen molar-refractivity contribution >= 4 is 27.5 Å². The standard InChI is InChI=1S/C13H12BrClN2/c14-13-5-4-11(15)7-10(13)8-16-9-12-3-1-2-6-17-12/h1-7,16H,8-9H2. The van der Waals surface area contributed by atoms with Crippen LogP contribution in [0.3, 0.4) is 0 Å². The van der Waals surface area contributed by atoms with Gasteiger partial charge in [0.05, 0.1) is 5.69 Å². The first-order valence-corrected chi connectivity index (χ1v) is 6.47. The Labute approximate surface area is 114 Å². The summed E-state index contributed by atoms with van der Waals surface area (Å²) in [5, 5.41) is 4.09. The number of aromatic nitrogens is 1. The second-order valence-corrected chi connectivity index (χ2v) is 4.95. The number of nitrogens with one attached hydrogen (secondary N) is 1. The summed E-state index contributed by atoms with van der Waals surface area (Å²) in [6.45, 7) is 1.51. The van der Waals surface area contributed by atoms with E-state index in [9.17, 15) is 0 Å². The van der Waals surface area contributed by atoms with Gasteiger partial charge in [0, 0.05) is 28.8 Å². The van der Waals surface area contributed by atoms with Crippen molar-refractivity contribution in [2.45, 2.75) is 13.1 Å². The lowest BCUT2D eigenvalue weighted by atomic mass is 10.2. The van der Waals surface area contributed by atoms with E-state index in [0.717, 1.165) is 33.8 Å². The van der Waals surface area contributed by atoms with Gasteiger partial charge in [-0.1, -0.05) is 33.6 Å². The van der Waals surface area contributed by atoms with E-state index in [2.05, 4.69) is 26.2 Å². The highest BCUT2D eigenvalue weighted by Crippen LogP contribution is 2.20. The van der Waals surface area contributed by atoms with Gasteiger partial charge in [0.25, 0.3) is 0 Å². The third-order valence-electron chi connectivity index (χ3n) is 2.36. The molecule has 2 rings (SSSR count). The zero-order chi connectivity index (χ0) is 12.1. The molecule has 2 nitrogen and oxygen atoms in total. The normalized spacial score (nSPS) is 10.5. The Bertz CT molecular complexity index is 488. The Balaban J connectivity index is 1.92. The van der Waals surface area contributed by atoms with Crippen LogP contribution in [-0.4, -0.2) is 4.98 Å². The summed E-state index contributed by atoms with van der Waals surface area (Å²) in [4.78, 5) is 4.25. The molecule has 0 fully saturated rings. The zero-order valence-electron chi connectivity index (χ0n) is 9.16. The lowest BCUT2D eigenvalue weighted by Crippen LogP contribution is -2.13. The van der Waals surface area contributed by atoms with Gasteiger partial charge in [-0.05, 0) is 35.9 Å². The predicted molar refractivity (Wildman–Crippen MR) is 73.9 cm³/mol. The molecule has 0 spiro atoms. The first kappa shape index (κ1) is 12.6. The van der Waals surface area contributed by atoms with Crippen molar-refractivity contribution < 1.29 is 0 Å². The molecule has 0 amide bonds. The number of halogens is 2. The molecule has 1 heterocycles. The van der Waals surface area contributed by atoms with Gasteiger partial charge in [0.15, 0.2) is 0 Å². The fourth-order valence-electron chi connectivity index (χ4n) is 1.51. The average molecular weight is 312 g/mol. The number of rotatable bonds is 4. The molecule has 17 heavy (non-hydrogen) atoms. The molecule has 0 aliphatic carbocycles. The van der Waals surface area contributed by atoms with E-state index in [1.54, 1.807) is 6.20 Å². The van der Waals surface area contributed by atoms with E-state index >= 15 is 0 Å². The summed E-state index contributed by atoms with van der Waals surface area (Å²) >= 11 is 9.45. The quantitative estimate of drug-likeness (QED) is 0.929. The van der Waals surface area contributed by atoms with Crippen LogP contribution >= 0.6 is 27.5 Å². The Morgan fingerprint density at radius 1 is 1.18 bits per heavy atom. The van der Waals surface area contributed by atoms with E-state index in [0.29, 0.717) is 0 Å². The third-order valence-corrected chi connectivity index (χ3v) is 3.36. The molecule has 2 aromatic rings. The Kier molecular flexibility index (Phi) is 4.54. The van der Waals surface area contributed by atoms with E-state index in [1.807, 2.05) is 36.4 Å². The smallest absolute Gasteiger partial charge is 0.0541 e. The van der Waals surface area contributed by atoms with Crippen molar-refractivity contribution in [3.05, 3.63) is 63.3 Å². The fraction of sp³-hybridized carbons (Fsp3) is 0.154. The topological polar surface area (TPSA) is 24.9 Å². The molecular weight excluding hydrogens is 300 g/mol. The molecule has 0 aliphatic heterocycles. The van der Waals surface area contributed by atoms with E-state index in [4.69, 9.17) is 11.6 Å². The van der Waals surface area contributed by atoms with Crippen molar-refractivity contribution in [2.24, 2.45) is 0 Å². The summed E-state index contributed by atoms with van der Waals surface area (Å²) in [5.74, 6) is 0. The van der Waals surface area contributed by atoms with Gasteiger partial charge < -0.3 is 5.32 Å². The highest BCUT2D eigenvalue weighted by Gasteiger charge is 2.00. The van der Waals surface area contributed by atoms with Crippen LogP contribution in [0.2, 0.25) is 5.02 Å². The Morgan fingerprint density at radius 3 is 2.82 bits per heavy atom. The summed E-state index contributed by atoms with van der Waals surface area (Å²) in [6, 6.07) is 11.7. The minimum absolute atomic E-state index is 0.750. The van der Waals surface area contributed by atoms with Crippen molar-refractivity contribution in [1.82, 2.24) is 10.3 Å². The largest absolute Gasteiger partial charge is 0.307 e. The van der Waals surface area contributed by atoms with Gasteiger partial charge in [-0.15, -0.1) is 0 Å². The van der Waals surface area contributed by atoms with Crippen LogP contribution in [0, 0.1) is 0 Å². The van der Waals surface area contributed by atoms with Crippen molar-refractivity contribution in [2.75, 3.05) is 0 Å². The molecule has 0 saturated heterocycles. The molecule has 0 saturated carbocycles. The highest BCUT2D eigenvalue weighted by atomic mass is 79.9. The molecule has 0 aliphatic rings. The van der Waals surface area contributed by atoms with Gasteiger partial charge in [-0.3, -0.25) is 4.98 Å². The number of hydrogen-bond acceptors (Lipinski definition) is 2. The van der Waals surface area contributed by atoms with Crippen molar-refractivity contribution in [3.63, 3.8) is 0 Å². The van der Waals surface area contributed by atoms with Gasteiger partial charge in [-0.25, -0.2) is 0 Å². The second-order valence-electron chi connectivity index (χ2n) is 3.66. The lowest BCUT2D eigenvalue weighted by molar-refractivity contribution is 0.678. The monoisotopic (exact) mass is 310 g/mol. The van der Waals surface area contributed by atoms with Crippen LogP contribution in [0.25, 0.3) is 0 Å². The van der Waals surface area contributed by atoms with Crippen LogP contribution in [0.4, 0.5) is 0 Å². The van der Waals surface area contributed by atoms with Gasteiger partial charge in [0.2, 0.25) is 0 Å². The van der Waals surface area contributed by atoms with E-state index in [1.165, 1.54) is 0 Å². The predicted octanol–water partition coefficient (Wildman–Crippen LogP) is 3.79. The average Bonchev–Trinajstić information content (AvgIpc) is 2.35. The maximum atomic E-state index is 5.95. The third kappa shape index (κ3) is 3.80. The molecule has 1 N–H and O–H groups in total. The molecule has 1 aromatic carbocycles. The summed E-state index contributed by atoms with van der Waals surface area (Å²) < 4.78 is 1.07. The summed E-state index contributed by atoms with van der Waals surface area (Å²) in [7, 11) is 0. The molecular formula is C13H12BrClN2. The van der Waals surface area contributed by atoms with Crippen molar-refractivity contribution in [1.29, 1.82) is 0 Å². The van der Waals surface area contributed by atoms with Crippen LogP contribution in [-0.2, 0) is 13.1 Å². The number of hydrogen-bond donors (Lipinski definition) is 1. The molecule has 4 heteroatoms. The van der Waals surface area contributed by atoms with Crippen molar-refractivity contribution in [3.8, 4) is 0 Å². The maximum absolute atomic E-state index is 5.95. The van der Waals surface area contributed by atoms with Crippen LogP contribution in [0.1, 0.15) is 11.3 Å². The molecule has 0 radical (unpaired) electrons. The minimum Gasteiger partial charge on any atom is -0.307 e. The number of benzene rings is 1. The number of pyridine rings is 1. The lowest BCUT2D eigenvalue weighted by Gasteiger charge is -2.07. The Morgan fingerprint density at radius 2 is 2.06 bits per heavy atom. The Hall–Kier alpha value is -0.900. The molecule has 88 valence electrons. The summed E-state index contributed by atoms with van der Waals surface area (Å²) in [6.07, 6.45) is 1.80. The molecule has 1 aromatic heterocycles. The first-order chi connectivity index (χ1) is 8.25. The molecule has 0 bridgehead atoms.